The van der Waals surface area contributed by atoms with Crippen LogP contribution in [-0.2, 0) is 0 Å². The van der Waals surface area contributed by atoms with Gasteiger partial charge in [-0.05, 0) is 49.4 Å². The molecule has 0 spiro atoms. The highest BCUT2D eigenvalue weighted by Gasteiger charge is 2.52. The Morgan fingerprint density at radius 1 is 0.909 bits per heavy atom. The lowest BCUT2D eigenvalue weighted by Gasteiger charge is -2.28. The van der Waals surface area contributed by atoms with Gasteiger partial charge >= 0.3 is 0 Å². The first-order valence-corrected chi connectivity index (χ1v) is 5.12. The molecule has 0 aromatic carbocycles. The number of hydrogen-bond donors (Lipinski definition) is 1. The highest BCUT2D eigenvalue weighted by molar-refractivity contribution is 5.04. The van der Waals surface area contributed by atoms with Crippen molar-refractivity contribution in [3.63, 3.8) is 0 Å². The summed E-state index contributed by atoms with van der Waals surface area (Å²) < 4.78 is 0. The van der Waals surface area contributed by atoms with Gasteiger partial charge in [-0.1, -0.05) is 6.42 Å². The largest absolute Gasteiger partial charge is 0.327 e. The Hall–Kier alpha value is -0.0400. The Bertz CT molecular complexity index is 178. The normalized spacial score (nSPS) is 60.3. The molecule has 3 aliphatic carbocycles. The quantitative estimate of drug-likeness (QED) is 0.561. The topological polar surface area (TPSA) is 26.0 Å². The van der Waals surface area contributed by atoms with Gasteiger partial charge in [0.15, 0.2) is 0 Å². The number of hydrogen-bond acceptors (Lipinski definition) is 1. The molecular formula is C10H17N. The van der Waals surface area contributed by atoms with Crippen LogP contribution in [0.3, 0.4) is 0 Å². The molecule has 3 saturated carbocycles. The van der Waals surface area contributed by atoms with Crippen molar-refractivity contribution < 1.29 is 0 Å². The van der Waals surface area contributed by atoms with Crippen molar-refractivity contribution in [2.75, 3.05) is 0 Å². The first kappa shape index (κ1) is 6.47. The lowest BCUT2D eigenvalue weighted by molar-refractivity contribution is 0.234. The van der Waals surface area contributed by atoms with E-state index in [1.165, 1.54) is 32.1 Å². The molecule has 0 radical (unpaired) electrons. The minimum Gasteiger partial charge on any atom is -0.327 e. The van der Waals surface area contributed by atoms with E-state index in [0.29, 0.717) is 6.04 Å². The summed E-state index contributed by atoms with van der Waals surface area (Å²) in [4.78, 5) is 0. The zero-order valence-electron chi connectivity index (χ0n) is 7.00. The number of nitrogens with two attached hydrogens (primary N) is 1. The van der Waals surface area contributed by atoms with Crippen molar-refractivity contribution in [2.24, 2.45) is 29.4 Å². The summed E-state index contributed by atoms with van der Waals surface area (Å²) in [6.07, 6.45) is 7.36. The van der Waals surface area contributed by atoms with E-state index in [1.54, 1.807) is 0 Å². The molecule has 62 valence electrons. The predicted molar refractivity (Wildman–Crippen MR) is 45.0 cm³/mol. The number of fused-ring (bicyclic) bond motifs is 5. The van der Waals surface area contributed by atoms with Crippen LogP contribution in [0.4, 0.5) is 0 Å². The van der Waals surface area contributed by atoms with Gasteiger partial charge in [-0.3, -0.25) is 0 Å². The Morgan fingerprint density at radius 2 is 1.73 bits per heavy atom. The SMILES string of the molecule is N[C@H]1C[C@H]2C[C@H]1[C@@H]1CCC[C@H]21. The van der Waals surface area contributed by atoms with Gasteiger partial charge in [-0.2, -0.15) is 0 Å². The molecular weight excluding hydrogens is 134 g/mol. The fourth-order valence-electron chi connectivity index (χ4n) is 4.12. The van der Waals surface area contributed by atoms with Crippen LogP contribution in [0, 0.1) is 23.7 Å². The molecule has 0 aromatic heterocycles. The van der Waals surface area contributed by atoms with Crippen LogP contribution in [-0.4, -0.2) is 6.04 Å². The average Bonchev–Trinajstić information content (AvgIpc) is 2.52. The van der Waals surface area contributed by atoms with Gasteiger partial charge < -0.3 is 5.73 Å². The molecule has 3 aliphatic rings. The van der Waals surface area contributed by atoms with Crippen LogP contribution in [0.5, 0.6) is 0 Å². The van der Waals surface area contributed by atoms with Gasteiger partial charge in [0.05, 0.1) is 0 Å². The van der Waals surface area contributed by atoms with E-state index in [0.717, 1.165) is 23.7 Å². The molecule has 11 heavy (non-hydrogen) atoms. The summed E-state index contributed by atoms with van der Waals surface area (Å²) in [5, 5.41) is 0. The van der Waals surface area contributed by atoms with Crippen molar-refractivity contribution in [1.82, 2.24) is 0 Å². The van der Waals surface area contributed by atoms with E-state index in [9.17, 15) is 0 Å². The first-order chi connectivity index (χ1) is 5.36. The molecule has 0 amide bonds. The first-order valence-electron chi connectivity index (χ1n) is 5.12. The van der Waals surface area contributed by atoms with Crippen molar-refractivity contribution in [3.05, 3.63) is 0 Å². The van der Waals surface area contributed by atoms with Gasteiger partial charge in [0.2, 0.25) is 0 Å². The highest BCUT2D eigenvalue weighted by Crippen LogP contribution is 2.58. The maximum Gasteiger partial charge on any atom is 0.00727 e. The van der Waals surface area contributed by atoms with E-state index in [2.05, 4.69) is 0 Å². The van der Waals surface area contributed by atoms with Crippen molar-refractivity contribution in [3.8, 4) is 0 Å². The van der Waals surface area contributed by atoms with Crippen LogP contribution >= 0.6 is 0 Å². The maximum atomic E-state index is 6.08. The van der Waals surface area contributed by atoms with Crippen LogP contribution < -0.4 is 5.73 Å². The molecule has 3 rings (SSSR count). The smallest absolute Gasteiger partial charge is 0.00727 e. The summed E-state index contributed by atoms with van der Waals surface area (Å²) in [5.41, 5.74) is 6.08. The molecule has 5 atom stereocenters. The number of rotatable bonds is 0. The third-order valence-corrected chi connectivity index (χ3v) is 4.48. The van der Waals surface area contributed by atoms with Crippen molar-refractivity contribution in [1.29, 1.82) is 0 Å². The van der Waals surface area contributed by atoms with Crippen molar-refractivity contribution in [2.45, 2.75) is 38.1 Å². The molecule has 0 unspecified atom stereocenters. The van der Waals surface area contributed by atoms with Gasteiger partial charge in [-0.25, -0.2) is 0 Å². The monoisotopic (exact) mass is 151 g/mol. The molecule has 1 heteroatoms. The lowest BCUT2D eigenvalue weighted by atomic mass is 9.79. The maximum absolute atomic E-state index is 6.08. The van der Waals surface area contributed by atoms with E-state index < -0.39 is 0 Å². The van der Waals surface area contributed by atoms with Gasteiger partial charge in [-0.15, -0.1) is 0 Å². The summed E-state index contributed by atoms with van der Waals surface area (Å²) in [6, 6.07) is 0.583. The van der Waals surface area contributed by atoms with Gasteiger partial charge in [0.1, 0.15) is 0 Å². The Morgan fingerprint density at radius 3 is 2.64 bits per heavy atom. The molecule has 3 fully saturated rings. The Kier molecular flexibility index (Phi) is 1.18. The fourth-order valence-corrected chi connectivity index (χ4v) is 4.12. The minimum absolute atomic E-state index is 0.583. The average molecular weight is 151 g/mol. The predicted octanol–water partition coefficient (Wildman–Crippen LogP) is 1.77. The second kappa shape index (κ2) is 2.01. The van der Waals surface area contributed by atoms with Crippen LogP contribution in [0.15, 0.2) is 0 Å². The summed E-state index contributed by atoms with van der Waals surface area (Å²) >= 11 is 0. The molecule has 2 N–H and O–H groups in total. The lowest BCUT2D eigenvalue weighted by Crippen LogP contribution is -2.34. The highest BCUT2D eigenvalue weighted by atomic mass is 14.7. The Labute approximate surface area is 68.3 Å². The zero-order chi connectivity index (χ0) is 7.42. The Balaban J connectivity index is 1.90. The molecule has 1 nitrogen and oxygen atoms in total. The summed E-state index contributed by atoms with van der Waals surface area (Å²) in [7, 11) is 0. The third-order valence-electron chi connectivity index (χ3n) is 4.48. The minimum atomic E-state index is 0.583. The van der Waals surface area contributed by atoms with Crippen LogP contribution in [0.1, 0.15) is 32.1 Å². The van der Waals surface area contributed by atoms with Gasteiger partial charge in [0.25, 0.3) is 0 Å². The standard InChI is InChI=1S/C10H17N/c11-10-5-6-4-9(10)8-3-1-2-7(6)8/h6-10H,1-5,11H2/t6-,7-,8-,9+,10+/m1/s1. The fraction of sp³-hybridized carbons (Fsp3) is 1.00. The molecule has 0 aromatic rings. The van der Waals surface area contributed by atoms with E-state index in [1.807, 2.05) is 0 Å². The van der Waals surface area contributed by atoms with Crippen LogP contribution in [0.2, 0.25) is 0 Å². The summed E-state index contributed by atoms with van der Waals surface area (Å²) in [5.74, 6) is 4.15. The van der Waals surface area contributed by atoms with Crippen molar-refractivity contribution >= 4 is 0 Å². The molecule has 0 saturated heterocycles. The molecule has 0 aliphatic heterocycles. The van der Waals surface area contributed by atoms with E-state index in [4.69, 9.17) is 5.73 Å². The molecule has 2 bridgehead atoms. The van der Waals surface area contributed by atoms with E-state index in [-0.39, 0.29) is 0 Å². The third kappa shape index (κ3) is 0.703. The van der Waals surface area contributed by atoms with Crippen LogP contribution in [0.25, 0.3) is 0 Å². The zero-order valence-corrected chi connectivity index (χ0v) is 7.00. The summed E-state index contributed by atoms with van der Waals surface area (Å²) in [6.45, 7) is 0. The second-order valence-corrected chi connectivity index (χ2v) is 4.82. The van der Waals surface area contributed by atoms with Gasteiger partial charge in [0, 0.05) is 6.04 Å². The van der Waals surface area contributed by atoms with E-state index >= 15 is 0 Å². The second-order valence-electron chi connectivity index (χ2n) is 4.82. The molecule has 0 heterocycles.